The minimum absolute atomic E-state index is 0.266. The molecule has 0 N–H and O–H groups in total. The molecule has 1 aromatic heterocycles. The molecule has 0 spiro atoms. The van der Waals surface area contributed by atoms with Gasteiger partial charge in [-0.05, 0) is 42.5 Å². The van der Waals surface area contributed by atoms with Gasteiger partial charge in [-0.2, -0.15) is 5.26 Å². The summed E-state index contributed by atoms with van der Waals surface area (Å²) in [7, 11) is 0. The van der Waals surface area contributed by atoms with Crippen LogP contribution in [-0.2, 0) is 13.0 Å². The smallest absolute Gasteiger partial charge is 0.164 e. The minimum Gasteiger partial charge on any atom is -0.349 e. The Morgan fingerprint density at radius 2 is 2.05 bits per heavy atom. The van der Waals surface area contributed by atoms with Gasteiger partial charge in [-0.3, -0.25) is 4.79 Å². The van der Waals surface area contributed by atoms with Crippen LogP contribution in [0, 0.1) is 11.3 Å². The van der Waals surface area contributed by atoms with Gasteiger partial charge in [0.25, 0.3) is 0 Å². The molecule has 0 unspecified atom stereocenters. The minimum atomic E-state index is 0.266. The Hall–Kier alpha value is -2.34. The molecule has 1 aromatic carbocycles. The summed E-state index contributed by atoms with van der Waals surface area (Å²) < 4.78 is 2.06. The molecule has 2 aromatic rings. The van der Waals surface area contributed by atoms with Gasteiger partial charge in [0.1, 0.15) is 0 Å². The highest BCUT2D eigenvalue weighted by atomic mass is 16.1. The van der Waals surface area contributed by atoms with E-state index in [0.29, 0.717) is 18.5 Å². The number of Topliss-reactive ketones (excluding diaryl/α,β-unsaturated/α-hetero) is 1. The topological polar surface area (TPSA) is 45.8 Å². The Bertz CT molecular complexity index is 691. The Balaban J connectivity index is 1.87. The number of nitrogens with zero attached hydrogens (tertiary/aromatic N) is 2. The third-order valence-corrected chi connectivity index (χ3v) is 3.78. The van der Waals surface area contributed by atoms with Gasteiger partial charge in [0.15, 0.2) is 5.78 Å². The van der Waals surface area contributed by atoms with E-state index in [1.807, 2.05) is 24.4 Å². The molecule has 1 aliphatic carbocycles. The molecular weight excluding hydrogens is 248 g/mol. The normalized spacial score (nSPS) is 14.4. The van der Waals surface area contributed by atoms with E-state index >= 15 is 0 Å². The molecule has 3 heteroatoms. The van der Waals surface area contributed by atoms with Crippen molar-refractivity contribution >= 4 is 5.78 Å². The van der Waals surface area contributed by atoms with Crippen LogP contribution in [0.5, 0.6) is 0 Å². The van der Waals surface area contributed by atoms with Gasteiger partial charge >= 0.3 is 0 Å². The molecule has 0 atom stereocenters. The average molecular weight is 264 g/mol. The standard InChI is InChI=1S/C17H16N2O/c18-9-13-4-3-5-14(8-13)10-19-11-15-6-1-2-7-17(20)16(15)12-19/h3-5,8,11-12H,1-2,6-7,10H2. The molecule has 0 aliphatic heterocycles. The van der Waals surface area contributed by atoms with E-state index in [1.165, 1.54) is 5.56 Å². The summed E-state index contributed by atoms with van der Waals surface area (Å²) in [5.74, 6) is 0.266. The molecule has 0 saturated carbocycles. The number of fused-ring (bicyclic) bond motifs is 1. The zero-order valence-corrected chi connectivity index (χ0v) is 11.3. The second-order valence-corrected chi connectivity index (χ2v) is 5.31. The van der Waals surface area contributed by atoms with E-state index in [0.717, 1.165) is 30.4 Å². The Kier molecular flexibility index (Phi) is 3.39. The monoisotopic (exact) mass is 264 g/mol. The lowest BCUT2D eigenvalue weighted by atomic mass is 10.1. The molecule has 0 saturated heterocycles. The van der Waals surface area contributed by atoms with Crippen molar-refractivity contribution in [1.29, 1.82) is 5.26 Å². The van der Waals surface area contributed by atoms with Crippen molar-refractivity contribution in [3.8, 4) is 6.07 Å². The van der Waals surface area contributed by atoms with Crippen LogP contribution in [0.2, 0.25) is 0 Å². The Morgan fingerprint density at radius 1 is 1.20 bits per heavy atom. The van der Waals surface area contributed by atoms with Crippen LogP contribution in [-0.4, -0.2) is 10.4 Å². The zero-order valence-electron chi connectivity index (χ0n) is 11.3. The number of ketones is 1. The lowest BCUT2D eigenvalue weighted by molar-refractivity contribution is 0.0982. The molecular formula is C17H16N2O. The number of benzene rings is 1. The summed E-state index contributed by atoms with van der Waals surface area (Å²) in [6.45, 7) is 0.704. The summed E-state index contributed by atoms with van der Waals surface area (Å²) in [4.78, 5) is 12.0. The van der Waals surface area contributed by atoms with Crippen molar-refractivity contribution in [2.75, 3.05) is 0 Å². The first-order chi connectivity index (χ1) is 9.76. The average Bonchev–Trinajstić information content (AvgIpc) is 2.78. The second kappa shape index (κ2) is 5.34. The molecule has 100 valence electrons. The van der Waals surface area contributed by atoms with Gasteiger partial charge in [-0.25, -0.2) is 0 Å². The maximum Gasteiger partial charge on any atom is 0.164 e. The van der Waals surface area contributed by atoms with Crippen molar-refractivity contribution in [2.24, 2.45) is 0 Å². The maximum absolute atomic E-state index is 12.0. The van der Waals surface area contributed by atoms with Crippen LogP contribution in [0.4, 0.5) is 0 Å². The first-order valence-corrected chi connectivity index (χ1v) is 6.97. The molecule has 20 heavy (non-hydrogen) atoms. The van der Waals surface area contributed by atoms with E-state index in [-0.39, 0.29) is 5.78 Å². The van der Waals surface area contributed by atoms with E-state index in [1.54, 1.807) is 6.07 Å². The number of carbonyl (C=O) groups excluding carboxylic acids is 1. The highest BCUT2D eigenvalue weighted by Crippen LogP contribution is 2.22. The van der Waals surface area contributed by atoms with Gasteiger partial charge in [-0.15, -0.1) is 0 Å². The van der Waals surface area contributed by atoms with E-state index in [2.05, 4.69) is 16.8 Å². The number of nitriles is 1. The summed E-state index contributed by atoms with van der Waals surface area (Å²) >= 11 is 0. The fourth-order valence-corrected chi connectivity index (χ4v) is 2.78. The maximum atomic E-state index is 12.0. The number of aryl methyl sites for hydroxylation is 1. The van der Waals surface area contributed by atoms with Gasteiger partial charge in [0.05, 0.1) is 11.6 Å². The van der Waals surface area contributed by atoms with Crippen molar-refractivity contribution in [3.05, 3.63) is 58.9 Å². The third-order valence-electron chi connectivity index (χ3n) is 3.78. The third kappa shape index (κ3) is 2.50. The summed E-state index contributed by atoms with van der Waals surface area (Å²) in [5, 5.41) is 8.93. The SMILES string of the molecule is N#Cc1cccc(Cn2cc3c(c2)C(=O)CCCC3)c1. The molecule has 0 radical (unpaired) electrons. The molecule has 0 fully saturated rings. The second-order valence-electron chi connectivity index (χ2n) is 5.31. The summed E-state index contributed by atoms with van der Waals surface area (Å²) in [5.41, 5.74) is 3.82. The molecule has 1 aliphatic rings. The predicted molar refractivity (Wildman–Crippen MR) is 76.6 cm³/mol. The van der Waals surface area contributed by atoms with Crippen LogP contribution in [0.1, 0.15) is 46.3 Å². The number of rotatable bonds is 2. The number of hydrogen-bond donors (Lipinski definition) is 0. The van der Waals surface area contributed by atoms with Crippen LogP contribution in [0.15, 0.2) is 36.7 Å². The van der Waals surface area contributed by atoms with Crippen LogP contribution in [0.25, 0.3) is 0 Å². The van der Waals surface area contributed by atoms with E-state index in [9.17, 15) is 4.79 Å². The zero-order chi connectivity index (χ0) is 13.9. The number of aromatic nitrogens is 1. The number of hydrogen-bond acceptors (Lipinski definition) is 2. The Morgan fingerprint density at radius 3 is 2.90 bits per heavy atom. The molecule has 0 amide bonds. The first-order valence-electron chi connectivity index (χ1n) is 6.97. The van der Waals surface area contributed by atoms with Crippen molar-refractivity contribution in [2.45, 2.75) is 32.2 Å². The summed E-state index contributed by atoms with van der Waals surface area (Å²) in [6, 6.07) is 9.76. The van der Waals surface area contributed by atoms with Crippen LogP contribution < -0.4 is 0 Å². The molecule has 1 heterocycles. The van der Waals surface area contributed by atoms with Gasteiger partial charge < -0.3 is 4.57 Å². The predicted octanol–water partition coefficient (Wildman–Crippen LogP) is 3.32. The highest BCUT2D eigenvalue weighted by molar-refractivity contribution is 5.97. The van der Waals surface area contributed by atoms with Crippen molar-refractivity contribution in [1.82, 2.24) is 4.57 Å². The fraction of sp³-hybridized carbons (Fsp3) is 0.294. The van der Waals surface area contributed by atoms with Crippen molar-refractivity contribution < 1.29 is 4.79 Å². The van der Waals surface area contributed by atoms with E-state index < -0.39 is 0 Å². The van der Waals surface area contributed by atoms with Crippen molar-refractivity contribution in [3.63, 3.8) is 0 Å². The molecule has 0 bridgehead atoms. The summed E-state index contributed by atoms with van der Waals surface area (Å²) in [6.07, 6.45) is 7.79. The Labute approximate surface area is 118 Å². The largest absolute Gasteiger partial charge is 0.349 e. The lowest BCUT2D eigenvalue weighted by Crippen LogP contribution is -1.99. The quantitative estimate of drug-likeness (QED) is 0.781. The van der Waals surface area contributed by atoms with Crippen LogP contribution >= 0.6 is 0 Å². The molecule has 3 rings (SSSR count). The van der Waals surface area contributed by atoms with E-state index in [4.69, 9.17) is 5.26 Å². The van der Waals surface area contributed by atoms with Gasteiger partial charge in [0, 0.05) is 30.9 Å². The first kappa shape index (κ1) is 12.7. The van der Waals surface area contributed by atoms with Crippen LogP contribution in [0.3, 0.4) is 0 Å². The fourth-order valence-electron chi connectivity index (χ4n) is 2.78. The highest BCUT2D eigenvalue weighted by Gasteiger charge is 2.17. The number of carbonyl (C=O) groups is 1. The molecule has 3 nitrogen and oxygen atoms in total. The van der Waals surface area contributed by atoms with Gasteiger partial charge in [-0.1, -0.05) is 12.1 Å². The lowest BCUT2D eigenvalue weighted by Gasteiger charge is -2.03. The van der Waals surface area contributed by atoms with Gasteiger partial charge in [0.2, 0.25) is 0 Å².